The maximum Gasteiger partial charge on any atom is 0.238 e. The number of hydrogen-bond donors (Lipinski definition) is 2. The molecule has 2 aromatic rings. The van der Waals surface area contributed by atoms with Crippen LogP contribution in [0.15, 0.2) is 54.6 Å². The van der Waals surface area contributed by atoms with Crippen molar-refractivity contribution in [2.24, 2.45) is 5.92 Å². The summed E-state index contributed by atoms with van der Waals surface area (Å²) in [5.74, 6) is 0.784. The number of benzene rings is 2. The monoisotopic (exact) mass is 374 g/mol. The summed E-state index contributed by atoms with van der Waals surface area (Å²) >= 11 is 0. The molecule has 1 saturated carbocycles. The van der Waals surface area contributed by atoms with Crippen LogP contribution in [0.2, 0.25) is 0 Å². The maximum atomic E-state index is 11.9. The molecular formula is C21H27ClN2O2. The summed E-state index contributed by atoms with van der Waals surface area (Å²) in [6.07, 6.45) is 3.49. The van der Waals surface area contributed by atoms with Crippen molar-refractivity contribution < 1.29 is 9.53 Å². The number of rotatable bonds is 10. The Labute approximate surface area is 161 Å². The number of hydrogen-bond acceptors (Lipinski definition) is 3. The second-order valence-electron chi connectivity index (χ2n) is 6.61. The summed E-state index contributed by atoms with van der Waals surface area (Å²) in [5, 5.41) is 6.14. The molecule has 140 valence electrons. The van der Waals surface area contributed by atoms with Gasteiger partial charge in [-0.1, -0.05) is 42.5 Å². The zero-order valence-corrected chi connectivity index (χ0v) is 15.8. The Morgan fingerprint density at radius 1 is 1.04 bits per heavy atom. The largest absolute Gasteiger partial charge is 0.376 e. The van der Waals surface area contributed by atoms with E-state index in [0.29, 0.717) is 19.8 Å². The standard InChI is InChI=1S/C21H26N2O2.ClH/c24-21(15-22-14-18-9-10-18)23-20-8-4-7-19(13-20)16-25-12-11-17-5-2-1-3-6-17;/h1-8,13,18,22H,9-12,14-16H2,(H,23,24);1H. The zero-order chi connectivity index (χ0) is 17.3. The van der Waals surface area contributed by atoms with Crippen molar-refractivity contribution in [2.45, 2.75) is 25.9 Å². The van der Waals surface area contributed by atoms with E-state index in [9.17, 15) is 4.79 Å². The Kier molecular flexibility index (Phi) is 8.62. The molecule has 26 heavy (non-hydrogen) atoms. The van der Waals surface area contributed by atoms with E-state index in [-0.39, 0.29) is 18.3 Å². The molecule has 1 aliphatic rings. The molecule has 0 aromatic heterocycles. The quantitative estimate of drug-likeness (QED) is 0.622. The lowest BCUT2D eigenvalue weighted by atomic mass is 10.2. The van der Waals surface area contributed by atoms with Gasteiger partial charge in [0.15, 0.2) is 0 Å². The van der Waals surface area contributed by atoms with Gasteiger partial charge in [0.1, 0.15) is 0 Å². The average Bonchev–Trinajstić information content (AvgIpc) is 3.44. The minimum atomic E-state index is 0. The molecular weight excluding hydrogens is 348 g/mol. The van der Waals surface area contributed by atoms with E-state index >= 15 is 0 Å². The van der Waals surface area contributed by atoms with Gasteiger partial charge in [-0.15, -0.1) is 12.4 Å². The van der Waals surface area contributed by atoms with Crippen molar-refractivity contribution in [3.63, 3.8) is 0 Å². The first kappa shape index (κ1) is 20.4. The van der Waals surface area contributed by atoms with Crippen LogP contribution >= 0.6 is 12.4 Å². The third-order valence-corrected chi connectivity index (χ3v) is 4.27. The summed E-state index contributed by atoms with van der Waals surface area (Å²) in [6.45, 7) is 2.55. The predicted octanol–water partition coefficient (Wildman–Crippen LogP) is 3.81. The highest BCUT2D eigenvalue weighted by Gasteiger charge is 2.20. The Morgan fingerprint density at radius 2 is 1.81 bits per heavy atom. The summed E-state index contributed by atoms with van der Waals surface area (Å²) in [5.41, 5.74) is 3.17. The molecule has 0 spiro atoms. The highest BCUT2D eigenvalue weighted by molar-refractivity contribution is 5.92. The number of carbonyl (C=O) groups excluding carboxylic acids is 1. The molecule has 2 N–H and O–H groups in total. The van der Waals surface area contributed by atoms with E-state index in [4.69, 9.17) is 4.74 Å². The van der Waals surface area contributed by atoms with E-state index in [0.717, 1.165) is 30.1 Å². The molecule has 0 radical (unpaired) electrons. The second-order valence-corrected chi connectivity index (χ2v) is 6.61. The normalized spacial score (nSPS) is 13.1. The molecule has 0 atom stereocenters. The fourth-order valence-electron chi connectivity index (χ4n) is 2.68. The third-order valence-electron chi connectivity index (χ3n) is 4.27. The summed E-state index contributed by atoms with van der Waals surface area (Å²) in [6, 6.07) is 18.2. The van der Waals surface area contributed by atoms with Crippen LogP contribution < -0.4 is 10.6 Å². The minimum Gasteiger partial charge on any atom is -0.376 e. The number of halogens is 1. The van der Waals surface area contributed by atoms with Crippen LogP contribution in [-0.2, 0) is 22.6 Å². The van der Waals surface area contributed by atoms with Crippen molar-refractivity contribution in [3.05, 3.63) is 65.7 Å². The molecule has 0 saturated heterocycles. The summed E-state index contributed by atoms with van der Waals surface area (Å²) < 4.78 is 5.76. The summed E-state index contributed by atoms with van der Waals surface area (Å²) in [7, 11) is 0. The molecule has 0 unspecified atom stereocenters. The van der Waals surface area contributed by atoms with Gasteiger partial charge in [0.2, 0.25) is 5.91 Å². The zero-order valence-electron chi connectivity index (χ0n) is 14.9. The molecule has 0 bridgehead atoms. The maximum absolute atomic E-state index is 11.9. The highest BCUT2D eigenvalue weighted by Crippen LogP contribution is 2.27. The van der Waals surface area contributed by atoms with Crippen molar-refractivity contribution in [2.75, 3.05) is 25.0 Å². The number of amides is 1. The molecule has 4 nitrogen and oxygen atoms in total. The first-order valence-electron chi connectivity index (χ1n) is 9.01. The Bertz CT molecular complexity index is 675. The van der Waals surface area contributed by atoms with Crippen LogP contribution in [0.25, 0.3) is 0 Å². The third kappa shape index (κ3) is 7.56. The van der Waals surface area contributed by atoms with Gasteiger partial charge in [0.25, 0.3) is 0 Å². The average molecular weight is 375 g/mol. The fraction of sp³-hybridized carbons (Fsp3) is 0.381. The van der Waals surface area contributed by atoms with E-state index < -0.39 is 0 Å². The highest BCUT2D eigenvalue weighted by atomic mass is 35.5. The second kappa shape index (κ2) is 11.0. The van der Waals surface area contributed by atoms with Crippen LogP contribution in [0, 0.1) is 5.92 Å². The van der Waals surface area contributed by atoms with Crippen molar-refractivity contribution >= 4 is 24.0 Å². The lowest BCUT2D eigenvalue weighted by Crippen LogP contribution is -2.29. The van der Waals surface area contributed by atoms with Crippen LogP contribution in [-0.4, -0.2) is 25.6 Å². The molecule has 2 aromatic carbocycles. The number of carbonyl (C=O) groups is 1. The predicted molar refractivity (Wildman–Crippen MR) is 108 cm³/mol. The first-order valence-corrected chi connectivity index (χ1v) is 9.01. The minimum absolute atomic E-state index is 0. The van der Waals surface area contributed by atoms with Gasteiger partial charge >= 0.3 is 0 Å². The smallest absolute Gasteiger partial charge is 0.238 e. The molecule has 1 aliphatic carbocycles. The van der Waals surface area contributed by atoms with Crippen LogP contribution in [0.5, 0.6) is 0 Å². The van der Waals surface area contributed by atoms with Crippen molar-refractivity contribution in [1.82, 2.24) is 5.32 Å². The van der Waals surface area contributed by atoms with Gasteiger partial charge in [-0.05, 0) is 55.0 Å². The molecule has 5 heteroatoms. The topological polar surface area (TPSA) is 50.4 Å². The van der Waals surface area contributed by atoms with Crippen LogP contribution in [0.1, 0.15) is 24.0 Å². The summed E-state index contributed by atoms with van der Waals surface area (Å²) in [4.78, 5) is 11.9. The van der Waals surface area contributed by atoms with Crippen molar-refractivity contribution in [1.29, 1.82) is 0 Å². The lowest BCUT2D eigenvalue weighted by molar-refractivity contribution is -0.115. The molecule has 0 heterocycles. The van der Waals surface area contributed by atoms with Crippen LogP contribution in [0.3, 0.4) is 0 Å². The van der Waals surface area contributed by atoms with Gasteiger partial charge in [-0.2, -0.15) is 0 Å². The molecule has 1 fully saturated rings. The van der Waals surface area contributed by atoms with E-state index in [1.807, 2.05) is 42.5 Å². The molecule has 0 aliphatic heterocycles. The van der Waals surface area contributed by atoms with E-state index in [1.54, 1.807) is 0 Å². The molecule has 3 rings (SSSR count). The first-order chi connectivity index (χ1) is 12.3. The van der Waals surface area contributed by atoms with Gasteiger partial charge in [0, 0.05) is 5.69 Å². The number of anilines is 1. The SMILES string of the molecule is Cl.O=C(CNCC1CC1)Nc1cccc(COCCc2ccccc2)c1. The van der Waals surface area contributed by atoms with Gasteiger partial charge in [0.05, 0.1) is 19.8 Å². The number of ether oxygens (including phenoxy) is 1. The van der Waals surface area contributed by atoms with E-state index in [2.05, 4.69) is 22.8 Å². The Morgan fingerprint density at radius 3 is 2.58 bits per heavy atom. The number of nitrogens with one attached hydrogen (secondary N) is 2. The van der Waals surface area contributed by atoms with Gasteiger partial charge in [-0.25, -0.2) is 0 Å². The van der Waals surface area contributed by atoms with Crippen molar-refractivity contribution in [3.8, 4) is 0 Å². The fourth-order valence-corrected chi connectivity index (χ4v) is 2.68. The van der Waals surface area contributed by atoms with E-state index in [1.165, 1.54) is 18.4 Å². The van der Waals surface area contributed by atoms with Crippen LogP contribution in [0.4, 0.5) is 5.69 Å². The Balaban J connectivity index is 0.00000243. The Hall–Kier alpha value is -1.88. The van der Waals surface area contributed by atoms with Gasteiger partial charge < -0.3 is 15.4 Å². The lowest BCUT2D eigenvalue weighted by Gasteiger charge is -2.09. The van der Waals surface area contributed by atoms with Gasteiger partial charge in [-0.3, -0.25) is 4.79 Å². The molecule has 1 amide bonds.